The zero-order chi connectivity index (χ0) is 73.3. The summed E-state index contributed by atoms with van der Waals surface area (Å²) in [6, 6.07) is 43.5. The van der Waals surface area contributed by atoms with Crippen molar-refractivity contribution in [2.45, 2.75) is 140 Å². The van der Waals surface area contributed by atoms with Gasteiger partial charge in [0.1, 0.15) is 11.6 Å². The number of hydrogen-bond acceptors (Lipinski definition) is 8. The minimum atomic E-state index is -4.42. The quantitative estimate of drug-likeness (QED) is 0.0397. The van der Waals surface area contributed by atoms with E-state index in [1.54, 1.807) is 71.9 Å². The van der Waals surface area contributed by atoms with Crippen molar-refractivity contribution >= 4 is 44.8 Å². The predicted molar refractivity (Wildman–Crippen MR) is 383 cm³/mol. The largest absolute Gasteiger partial charge is 0.416 e. The fourth-order valence-corrected chi connectivity index (χ4v) is 9.32. The van der Waals surface area contributed by atoms with E-state index in [9.17, 15) is 57.7 Å². The molecular formula is C80H83BrCl2F5NO7. The summed E-state index contributed by atoms with van der Waals surface area (Å²) in [5.41, 5.74) is 0.433. The molecule has 0 amide bonds. The lowest BCUT2D eigenvalue weighted by Crippen LogP contribution is -2.21. The van der Waals surface area contributed by atoms with Crippen molar-refractivity contribution in [1.29, 1.82) is 0 Å². The Kier molecular flexibility index (Phi) is 36.5. The third kappa shape index (κ3) is 30.6. The van der Waals surface area contributed by atoms with E-state index < -0.39 is 57.8 Å². The molecule has 0 aliphatic rings. The van der Waals surface area contributed by atoms with Crippen LogP contribution in [0.5, 0.6) is 0 Å². The van der Waals surface area contributed by atoms with Gasteiger partial charge in [-0.2, -0.15) is 13.2 Å². The van der Waals surface area contributed by atoms with E-state index in [-0.39, 0.29) is 42.6 Å². The first kappa shape index (κ1) is 85.7. The summed E-state index contributed by atoms with van der Waals surface area (Å²) in [5, 5.41) is 69.5. The number of halogens is 8. The normalized spacial score (nSPS) is 14.0. The van der Waals surface area contributed by atoms with Crippen molar-refractivity contribution in [1.82, 2.24) is 0 Å². The molecule has 0 fully saturated rings. The number of alkyl halides is 3. The Hall–Kier alpha value is -8.31. The van der Waals surface area contributed by atoms with Gasteiger partial charge in [-0.15, -0.1) is 86.4 Å². The Morgan fingerprint density at radius 1 is 0.458 bits per heavy atom. The number of hydrogen-bond donors (Lipinski definition) is 7. The van der Waals surface area contributed by atoms with E-state index in [4.69, 9.17) is 68.2 Å². The maximum absolute atomic E-state index is 13.2. The van der Waals surface area contributed by atoms with Crippen molar-refractivity contribution in [3.8, 4) is 86.4 Å². The summed E-state index contributed by atoms with van der Waals surface area (Å²) in [4.78, 5) is 2.01. The van der Waals surface area contributed by atoms with Crippen LogP contribution in [0.1, 0.15) is 147 Å². The van der Waals surface area contributed by atoms with E-state index in [1.165, 1.54) is 43.3 Å². The Morgan fingerprint density at radius 2 is 0.875 bits per heavy atom. The van der Waals surface area contributed by atoms with Crippen molar-refractivity contribution < 1.29 is 57.7 Å². The summed E-state index contributed by atoms with van der Waals surface area (Å²) >= 11 is 15.0. The molecule has 8 nitrogen and oxygen atoms in total. The lowest BCUT2D eigenvalue weighted by atomic mass is 9.90. The molecule has 0 bridgehead atoms. The van der Waals surface area contributed by atoms with Crippen LogP contribution in [0.25, 0.3) is 0 Å². The van der Waals surface area contributed by atoms with Gasteiger partial charge < -0.3 is 40.6 Å². The zero-order valence-electron chi connectivity index (χ0n) is 55.3. The molecule has 7 unspecified atom stereocenters. The SMILES string of the molecule is C#CCC(C)(O)c1cc(C)cc(C(F)(F)F)c1.C#CCC(C)(O)c1ccc(Br)cc1.C#CCC(C)(O)c1ccc(Cl)cc1Cl.C#CCC(C)(O)c1ccc(F)cc1.C#CCC(C)(O)c1ccccc1.C#CCC(O)c1ccc(C)cc1F.C#CCC(O)c1ccc(N(C)C)cc1. The summed E-state index contributed by atoms with van der Waals surface area (Å²) < 4.78 is 64.5. The number of nitrogens with zero attached hydrogens (tertiary/aromatic N) is 1. The number of aryl methyl sites for hydroxylation is 2. The fourth-order valence-electron chi connectivity index (χ4n) is 8.44. The highest BCUT2D eigenvalue weighted by Gasteiger charge is 2.33. The second kappa shape index (κ2) is 40.9. The van der Waals surface area contributed by atoms with E-state index in [0.29, 0.717) is 46.0 Å². The Labute approximate surface area is 583 Å². The molecule has 0 aliphatic heterocycles. The van der Waals surface area contributed by atoms with Crippen molar-refractivity contribution in [2.75, 3.05) is 19.0 Å². The van der Waals surface area contributed by atoms with Gasteiger partial charge in [-0.25, -0.2) is 8.78 Å². The number of terminal acetylenes is 7. The minimum Gasteiger partial charge on any atom is -0.387 e. The standard InChI is InChI=1S/C13H13F3O.C12H15NO.C11H11BrO.C11H10Cl2O.2C11H11FO.C11H12O/c1-4-5-12(3,17)10-6-9(2)7-11(8-10)13(14,15)16;1-4-5-12(14)10-6-8-11(9-7-10)13(2)3;1-3-8-11(2,13)9-4-6-10(12)7-5-9;1-3-6-11(2,14)9-5-4-8(12)7-10(9)13;1-3-8-11(2,13)9-4-6-10(12)7-5-9;1-3-4-11(13)9-6-5-8(2)7-10(9)12;1-3-9-11(2,12)10-7-5-4-6-8-10/h1,6-8,17H,5H2,2-3H3;1,6-9,12,14H,5H2,2-3H3;1,4-7,13H,8H2,2H3;1,4-5,7,14H,6H2,2H3;1,4-7,13H,8H2,2H3;1,5-7,11,13H,4H2,2H3;1,4-8,12H,9H2,2H3. The van der Waals surface area contributed by atoms with Crippen molar-refractivity contribution in [2.24, 2.45) is 0 Å². The lowest BCUT2D eigenvalue weighted by Gasteiger charge is -2.23. The molecule has 7 atom stereocenters. The molecule has 96 heavy (non-hydrogen) atoms. The highest BCUT2D eigenvalue weighted by Crippen LogP contribution is 2.36. The summed E-state index contributed by atoms with van der Waals surface area (Å²) in [7, 11) is 3.96. The van der Waals surface area contributed by atoms with Gasteiger partial charge in [0.05, 0.1) is 45.8 Å². The van der Waals surface area contributed by atoms with Gasteiger partial charge in [0.15, 0.2) is 0 Å². The molecule has 0 saturated heterocycles. The number of anilines is 1. The Balaban J connectivity index is 0.000000561. The van der Waals surface area contributed by atoms with Crippen LogP contribution < -0.4 is 4.90 Å². The van der Waals surface area contributed by atoms with E-state index in [0.717, 1.165) is 44.5 Å². The topological polar surface area (TPSA) is 145 Å². The van der Waals surface area contributed by atoms with Crippen LogP contribution in [0.3, 0.4) is 0 Å². The lowest BCUT2D eigenvalue weighted by molar-refractivity contribution is -0.137. The van der Waals surface area contributed by atoms with Gasteiger partial charge in [0, 0.05) is 90.4 Å². The smallest absolute Gasteiger partial charge is 0.387 e. The third-order valence-corrected chi connectivity index (χ3v) is 15.1. The number of benzene rings is 7. The van der Waals surface area contributed by atoms with Crippen LogP contribution in [0.2, 0.25) is 10.0 Å². The van der Waals surface area contributed by atoms with Crippen LogP contribution in [0, 0.1) is 112 Å². The first-order valence-electron chi connectivity index (χ1n) is 29.5. The molecule has 7 aromatic carbocycles. The highest BCUT2D eigenvalue weighted by molar-refractivity contribution is 9.10. The predicted octanol–water partition coefficient (Wildman–Crippen LogP) is 17.1. The average molecular weight is 1420 g/mol. The Morgan fingerprint density at radius 3 is 1.29 bits per heavy atom. The molecule has 7 aromatic rings. The van der Waals surface area contributed by atoms with Crippen molar-refractivity contribution in [3.05, 3.63) is 240 Å². The first-order chi connectivity index (χ1) is 44.7. The van der Waals surface area contributed by atoms with Gasteiger partial charge in [0.25, 0.3) is 0 Å². The number of aliphatic hydroxyl groups is 7. The third-order valence-electron chi connectivity index (χ3n) is 14.0. The van der Waals surface area contributed by atoms with E-state index in [1.807, 2.05) is 97.9 Å². The minimum absolute atomic E-state index is 0.0340. The van der Waals surface area contributed by atoms with E-state index >= 15 is 0 Å². The molecule has 0 aliphatic carbocycles. The van der Waals surface area contributed by atoms with Crippen LogP contribution in [0.4, 0.5) is 27.6 Å². The van der Waals surface area contributed by atoms with E-state index in [2.05, 4.69) is 57.4 Å². The second-order valence-electron chi connectivity index (χ2n) is 23.2. The average Bonchev–Trinajstić information content (AvgIpc) is 0.832. The molecule has 0 spiro atoms. The maximum Gasteiger partial charge on any atom is 0.416 e. The highest BCUT2D eigenvalue weighted by atomic mass is 79.9. The molecule has 0 radical (unpaired) electrons. The van der Waals surface area contributed by atoms with Gasteiger partial charge in [-0.3, -0.25) is 0 Å². The number of rotatable bonds is 15. The van der Waals surface area contributed by atoms with Gasteiger partial charge in [-0.05, 0) is 149 Å². The van der Waals surface area contributed by atoms with Gasteiger partial charge in [0.2, 0.25) is 0 Å². The monoisotopic (exact) mass is 1410 g/mol. The van der Waals surface area contributed by atoms with Crippen LogP contribution in [-0.2, 0) is 34.2 Å². The molecule has 0 aromatic heterocycles. The number of aliphatic hydroxyl groups excluding tert-OH is 2. The summed E-state index contributed by atoms with van der Waals surface area (Å²) in [5.74, 6) is 16.0. The van der Waals surface area contributed by atoms with Gasteiger partial charge >= 0.3 is 6.18 Å². The molecule has 16 heteroatoms. The summed E-state index contributed by atoms with van der Waals surface area (Å²) in [6.07, 6.45) is 31.5. The first-order valence-corrected chi connectivity index (χ1v) is 31.1. The molecule has 7 N–H and O–H groups in total. The second-order valence-corrected chi connectivity index (χ2v) is 25.0. The molecule has 506 valence electrons. The molecule has 0 heterocycles. The molecule has 7 rings (SSSR count). The van der Waals surface area contributed by atoms with Crippen LogP contribution in [-0.4, -0.2) is 49.8 Å². The zero-order valence-corrected chi connectivity index (χ0v) is 58.4. The molecular weight excluding hydrogens is 1330 g/mol. The van der Waals surface area contributed by atoms with Crippen LogP contribution in [0.15, 0.2) is 162 Å². The van der Waals surface area contributed by atoms with Crippen molar-refractivity contribution in [3.63, 3.8) is 0 Å². The molecule has 0 saturated carbocycles. The Bertz CT molecular complexity index is 3770. The fraction of sp³-hybridized carbons (Fsp3) is 0.300. The summed E-state index contributed by atoms with van der Waals surface area (Å²) in [6.45, 7) is 11.4. The van der Waals surface area contributed by atoms with Crippen LogP contribution >= 0.6 is 39.1 Å². The van der Waals surface area contributed by atoms with Gasteiger partial charge in [-0.1, -0.05) is 136 Å². The maximum atomic E-state index is 13.2.